The second-order valence-corrected chi connectivity index (χ2v) is 12.6. The van der Waals surface area contributed by atoms with E-state index in [4.69, 9.17) is 4.18 Å². The van der Waals surface area contributed by atoms with Crippen molar-refractivity contribution < 1.29 is 4.18 Å². The lowest BCUT2D eigenvalue weighted by atomic mass is 9.96. The van der Waals surface area contributed by atoms with Crippen LogP contribution in [0, 0.1) is 0 Å². The van der Waals surface area contributed by atoms with Gasteiger partial charge in [0.15, 0.2) is 4.75 Å². The lowest BCUT2D eigenvalue weighted by molar-refractivity contribution is 0.342. The second kappa shape index (κ2) is 7.85. The molecule has 1 saturated carbocycles. The molecular formula is C25H29BrNO2S+. The molecule has 5 heteroatoms. The van der Waals surface area contributed by atoms with Gasteiger partial charge in [0, 0.05) is 21.6 Å². The second-order valence-electron chi connectivity index (χ2n) is 9.42. The van der Waals surface area contributed by atoms with Crippen molar-refractivity contribution in [3.8, 4) is 5.69 Å². The summed E-state index contributed by atoms with van der Waals surface area (Å²) in [7, 11) is 0. The van der Waals surface area contributed by atoms with Crippen LogP contribution >= 0.6 is 15.9 Å². The maximum absolute atomic E-state index is 13.4. The minimum absolute atomic E-state index is 0.00525. The Bertz CT molecular complexity index is 1160. The molecule has 2 aromatic carbocycles. The predicted octanol–water partition coefficient (Wildman–Crippen LogP) is 6.28. The standard InChI is InChI=1S/C25H29BrNO2S/c1-24(2,3)30(5)29-16-20-21(26)7-6-8-22(20)27-14-11-17-15-18(25(4)12-13-25)9-10-19(17)23(27)28/h6-11,14-15H,12-13,16H2,1-5H3/q+1. The highest BCUT2D eigenvalue weighted by Crippen LogP contribution is 2.47. The van der Waals surface area contributed by atoms with Crippen LogP contribution in [-0.4, -0.2) is 15.6 Å². The lowest BCUT2D eigenvalue weighted by Crippen LogP contribution is -2.29. The van der Waals surface area contributed by atoms with Crippen LogP contribution in [0.1, 0.15) is 51.7 Å². The molecule has 1 aromatic heterocycles. The van der Waals surface area contributed by atoms with E-state index >= 15 is 0 Å². The fourth-order valence-electron chi connectivity index (χ4n) is 3.53. The number of hydrogen-bond donors (Lipinski definition) is 0. The quantitative estimate of drug-likeness (QED) is 0.397. The number of hydrogen-bond acceptors (Lipinski definition) is 2. The molecule has 1 atom stereocenters. The van der Waals surface area contributed by atoms with Gasteiger partial charge >= 0.3 is 0 Å². The molecule has 1 aliphatic rings. The normalized spacial score (nSPS) is 16.6. The zero-order valence-corrected chi connectivity index (χ0v) is 20.7. The summed E-state index contributed by atoms with van der Waals surface area (Å²) in [5.74, 6) is 0. The third-order valence-electron chi connectivity index (χ3n) is 6.20. The van der Waals surface area contributed by atoms with Crippen LogP contribution in [0.25, 0.3) is 16.5 Å². The summed E-state index contributed by atoms with van der Waals surface area (Å²) in [4.78, 5) is 13.4. The van der Waals surface area contributed by atoms with E-state index in [9.17, 15) is 4.79 Å². The van der Waals surface area contributed by atoms with Crippen LogP contribution in [0.3, 0.4) is 0 Å². The Morgan fingerprint density at radius 2 is 1.90 bits per heavy atom. The van der Waals surface area contributed by atoms with Crippen LogP contribution in [0.4, 0.5) is 0 Å². The summed E-state index contributed by atoms with van der Waals surface area (Å²) < 4.78 is 8.98. The number of halogens is 1. The fourth-order valence-corrected chi connectivity index (χ4v) is 4.65. The summed E-state index contributed by atoms with van der Waals surface area (Å²) in [5, 5.41) is 1.76. The molecule has 0 bridgehead atoms. The number of aromatic nitrogens is 1. The Hall–Kier alpha value is -1.56. The first kappa shape index (κ1) is 21.7. The Labute approximate surface area is 190 Å². The molecular weight excluding hydrogens is 458 g/mol. The minimum atomic E-state index is -0.202. The molecule has 0 spiro atoms. The van der Waals surface area contributed by atoms with E-state index in [-0.39, 0.29) is 21.5 Å². The zero-order chi connectivity index (χ0) is 21.7. The molecule has 4 rings (SSSR count). The highest BCUT2D eigenvalue weighted by atomic mass is 79.9. The average Bonchev–Trinajstić information content (AvgIpc) is 3.45. The van der Waals surface area contributed by atoms with Gasteiger partial charge in [-0.1, -0.05) is 41.1 Å². The SMILES string of the molecule is C[S+](OCc1c(Br)cccc1-n1ccc2cc(C3(C)CC3)ccc2c1=O)C(C)(C)C. The van der Waals surface area contributed by atoms with Crippen molar-refractivity contribution in [2.75, 3.05) is 6.26 Å². The summed E-state index contributed by atoms with van der Waals surface area (Å²) in [6.07, 6.45) is 6.47. The van der Waals surface area contributed by atoms with E-state index in [0.29, 0.717) is 12.0 Å². The van der Waals surface area contributed by atoms with Gasteiger partial charge in [-0.2, -0.15) is 4.18 Å². The first-order valence-corrected chi connectivity index (χ1v) is 12.7. The van der Waals surface area contributed by atoms with Crippen molar-refractivity contribution in [1.29, 1.82) is 0 Å². The fraction of sp³-hybridized carbons (Fsp3) is 0.400. The van der Waals surface area contributed by atoms with E-state index in [1.165, 1.54) is 18.4 Å². The molecule has 3 nitrogen and oxygen atoms in total. The predicted molar refractivity (Wildman–Crippen MR) is 132 cm³/mol. The van der Waals surface area contributed by atoms with Gasteiger partial charge in [-0.25, -0.2) is 0 Å². The van der Waals surface area contributed by atoms with Gasteiger partial charge in [0.05, 0.1) is 5.69 Å². The lowest BCUT2D eigenvalue weighted by Gasteiger charge is -2.18. The van der Waals surface area contributed by atoms with Crippen LogP contribution in [0.5, 0.6) is 0 Å². The molecule has 1 fully saturated rings. The highest BCUT2D eigenvalue weighted by molar-refractivity contribution is 9.10. The smallest absolute Gasteiger partial charge is 0.262 e. The van der Waals surface area contributed by atoms with Crippen LogP contribution in [0.15, 0.2) is 57.9 Å². The van der Waals surface area contributed by atoms with E-state index in [2.05, 4.69) is 68.1 Å². The van der Waals surface area contributed by atoms with Gasteiger partial charge in [-0.15, -0.1) is 0 Å². The first-order chi connectivity index (χ1) is 14.1. The van der Waals surface area contributed by atoms with Crippen molar-refractivity contribution in [3.05, 3.63) is 74.6 Å². The van der Waals surface area contributed by atoms with Crippen molar-refractivity contribution >= 4 is 37.9 Å². The van der Waals surface area contributed by atoms with E-state index in [1.54, 1.807) is 4.57 Å². The van der Waals surface area contributed by atoms with Gasteiger partial charge in [-0.05, 0) is 74.2 Å². The van der Waals surface area contributed by atoms with Gasteiger partial charge in [0.1, 0.15) is 24.0 Å². The number of rotatable bonds is 5. The summed E-state index contributed by atoms with van der Waals surface area (Å²) in [6, 6.07) is 14.3. The molecule has 1 heterocycles. The Morgan fingerprint density at radius 1 is 1.17 bits per heavy atom. The summed E-state index contributed by atoms with van der Waals surface area (Å²) in [5.41, 5.74) is 3.49. The van der Waals surface area contributed by atoms with Gasteiger partial charge in [-0.3, -0.25) is 9.36 Å². The summed E-state index contributed by atoms with van der Waals surface area (Å²) >= 11 is 3.46. The minimum Gasteiger partial charge on any atom is -0.283 e. The van der Waals surface area contributed by atoms with Crippen LogP contribution < -0.4 is 5.56 Å². The number of benzene rings is 2. The highest BCUT2D eigenvalue weighted by Gasteiger charge is 2.39. The molecule has 3 aromatic rings. The third kappa shape index (κ3) is 4.12. The zero-order valence-electron chi connectivity index (χ0n) is 18.3. The Morgan fingerprint density at radius 3 is 2.57 bits per heavy atom. The molecule has 0 N–H and O–H groups in total. The van der Waals surface area contributed by atoms with E-state index in [1.807, 2.05) is 30.5 Å². The van der Waals surface area contributed by atoms with Gasteiger partial charge < -0.3 is 0 Å². The third-order valence-corrected chi connectivity index (χ3v) is 9.14. The number of nitrogens with zero attached hydrogens (tertiary/aromatic N) is 1. The summed E-state index contributed by atoms with van der Waals surface area (Å²) in [6.45, 7) is 9.29. The Kier molecular flexibility index (Phi) is 5.67. The van der Waals surface area contributed by atoms with Gasteiger partial charge in [0.2, 0.25) is 0 Å². The van der Waals surface area contributed by atoms with Crippen molar-refractivity contribution in [2.24, 2.45) is 0 Å². The van der Waals surface area contributed by atoms with Gasteiger partial charge in [0.25, 0.3) is 5.56 Å². The van der Waals surface area contributed by atoms with Crippen LogP contribution in [0.2, 0.25) is 0 Å². The van der Waals surface area contributed by atoms with Crippen molar-refractivity contribution in [1.82, 2.24) is 4.57 Å². The average molecular weight is 487 g/mol. The molecule has 1 unspecified atom stereocenters. The molecule has 158 valence electrons. The number of fused-ring (bicyclic) bond motifs is 1. The first-order valence-electron chi connectivity index (χ1n) is 10.3. The monoisotopic (exact) mass is 486 g/mol. The van der Waals surface area contributed by atoms with E-state index < -0.39 is 0 Å². The van der Waals surface area contributed by atoms with Crippen molar-refractivity contribution in [3.63, 3.8) is 0 Å². The van der Waals surface area contributed by atoms with Crippen LogP contribution in [-0.2, 0) is 27.4 Å². The largest absolute Gasteiger partial charge is 0.283 e. The molecule has 30 heavy (non-hydrogen) atoms. The topological polar surface area (TPSA) is 31.2 Å². The molecule has 0 amide bonds. The Balaban J connectivity index is 1.74. The molecule has 0 saturated heterocycles. The number of pyridine rings is 1. The maximum Gasteiger partial charge on any atom is 0.262 e. The molecule has 0 radical (unpaired) electrons. The molecule has 0 aliphatic heterocycles. The van der Waals surface area contributed by atoms with E-state index in [0.717, 1.165) is 26.5 Å². The van der Waals surface area contributed by atoms with Crippen molar-refractivity contribution in [2.45, 2.75) is 57.3 Å². The maximum atomic E-state index is 13.4. The molecule has 1 aliphatic carbocycles.